The van der Waals surface area contributed by atoms with Gasteiger partial charge in [-0.05, 0) is 79.2 Å². The van der Waals surface area contributed by atoms with E-state index in [0.29, 0.717) is 28.1 Å². The van der Waals surface area contributed by atoms with Crippen molar-refractivity contribution in [2.45, 2.75) is 6.42 Å². The Morgan fingerprint density at radius 1 is 0.929 bits per heavy atom. The summed E-state index contributed by atoms with van der Waals surface area (Å²) in [6, 6.07) is 16.8. The van der Waals surface area contributed by atoms with Gasteiger partial charge in [0, 0.05) is 55.4 Å². The molecule has 11 heteroatoms. The Labute approximate surface area is 241 Å². The molecule has 4 aromatic rings. The third-order valence-electron chi connectivity index (χ3n) is 7.14. The number of aliphatic imine (C=N–C) groups is 1. The highest BCUT2D eigenvalue weighted by atomic mass is 19.1. The van der Waals surface area contributed by atoms with Gasteiger partial charge in [-0.25, -0.2) is 8.78 Å². The highest BCUT2D eigenvalue weighted by Crippen LogP contribution is 2.27. The van der Waals surface area contributed by atoms with Crippen molar-refractivity contribution < 1.29 is 18.4 Å². The predicted molar refractivity (Wildman–Crippen MR) is 160 cm³/mol. The molecule has 1 aromatic heterocycles. The lowest BCUT2D eigenvalue weighted by Crippen LogP contribution is -2.44. The van der Waals surface area contributed by atoms with E-state index >= 15 is 0 Å². The fourth-order valence-electron chi connectivity index (χ4n) is 4.86. The van der Waals surface area contributed by atoms with Crippen molar-refractivity contribution in [1.29, 1.82) is 0 Å². The summed E-state index contributed by atoms with van der Waals surface area (Å²) in [4.78, 5) is 37.7. The molecule has 6 N–H and O–H groups in total. The summed E-state index contributed by atoms with van der Waals surface area (Å²) < 4.78 is 27.4. The molecule has 0 aliphatic carbocycles. The second kappa shape index (κ2) is 12.2. The van der Waals surface area contributed by atoms with Crippen molar-refractivity contribution >= 4 is 34.7 Å². The van der Waals surface area contributed by atoms with Crippen LogP contribution in [-0.4, -0.2) is 60.8 Å². The molecule has 3 aromatic carbocycles. The van der Waals surface area contributed by atoms with E-state index in [9.17, 15) is 18.4 Å². The first-order valence-electron chi connectivity index (χ1n) is 13.4. The lowest BCUT2D eigenvalue weighted by Gasteiger charge is -2.34. The van der Waals surface area contributed by atoms with Crippen LogP contribution in [0, 0.1) is 11.6 Å². The van der Waals surface area contributed by atoms with E-state index in [1.165, 1.54) is 12.1 Å². The van der Waals surface area contributed by atoms with Crippen LogP contribution in [0.15, 0.2) is 77.9 Å². The Morgan fingerprint density at radius 2 is 1.67 bits per heavy atom. The number of rotatable bonds is 7. The van der Waals surface area contributed by atoms with E-state index < -0.39 is 23.4 Å². The monoisotopic (exact) mass is 571 g/mol. The zero-order valence-corrected chi connectivity index (χ0v) is 23.0. The summed E-state index contributed by atoms with van der Waals surface area (Å²) in [5.41, 5.74) is 15.7. The predicted octanol–water partition coefficient (Wildman–Crippen LogP) is 4.02. The first-order valence-corrected chi connectivity index (χ1v) is 13.4. The largest absolute Gasteiger partial charge is 0.398 e. The normalized spacial score (nSPS) is 14.2. The smallest absolute Gasteiger partial charge is 0.281 e. The number of benzene rings is 3. The third kappa shape index (κ3) is 6.64. The number of likely N-dealkylation sites (N-methyl/N-ethyl adjacent to an activating group) is 1. The number of nitrogens with two attached hydrogens (primary N) is 2. The van der Waals surface area contributed by atoms with Crippen molar-refractivity contribution in [2.75, 3.05) is 49.2 Å². The van der Waals surface area contributed by atoms with Gasteiger partial charge in [0.05, 0.1) is 11.3 Å². The Bertz CT molecular complexity index is 1620. The Kier molecular flexibility index (Phi) is 8.30. The van der Waals surface area contributed by atoms with E-state index in [0.717, 1.165) is 37.9 Å². The van der Waals surface area contributed by atoms with Crippen LogP contribution in [0.5, 0.6) is 0 Å². The van der Waals surface area contributed by atoms with E-state index in [1.807, 2.05) is 6.07 Å². The van der Waals surface area contributed by atoms with E-state index in [-0.39, 0.29) is 23.5 Å². The number of halogens is 2. The van der Waals surface area contributed by atoms with Crippen molar-refractivity contribution in [1.82, 2.24) is 9.88 Å². The van der Waals surface area contributed by atoms with Crippen LogP contribution < -0.4 is 21.7 Å². The molecule has 1 saturated heterocycles. The van der Waals surface area contributed by atoms with Crippen LogP contribution in [-0.2, 0) is 6.42 Å². The van der Waals surface area contributed by atoms with Gasteiger partial charge in [-0.15, -0.1) is 0 Å². The van der Waals surface area contributed by atoms with Gasteiger partial charge in [0.25, 0.3) is 11.8 Å². The molecule has 0 atom stereocenters. The molecule has 0 unspecified atom stereocenters. The summed E-state index contributed by atoms with van der Waals surface area (Å²) in [7, 11) is 2.06. The number of hydrogen-bond acceptors (Lipinski definition) is 5. The van der Waals surface area contributed by atoms with Crippen LogP contribution in [0.2, 0.25) is 0 Å². The highest BCUT2D eigenvalue weighted by Gasteiger charge is 2.20. The molecule has 0 radical (unpaired) electrons. The van der Waals surface area contributed by atoms with Gasteiger partial charge in [-0.2, -0.15) is 4.99 Å². The molecular weight excluding hydrogens is 540 g/mol. The van der Waals surface area contributed by atoms with Gasteiger partial charge in [0.1, 0.15) is 23.2 Å². The lowest BCUT2D eigenvalue weighted by atomic mass is 10.0. The molecule has 2 amide bonds. The summed E-state index contributed by atoms with van der Waals surface area (Å²) in [6.07, 6.45) is 1.85. The van der Waals surface area contributed by atoms with E-state index in [4.69, 9.17) is 11.5 Å². The number of H-pyrrole nitrogens is 1. The van der Waals surface area contributed by atoms with Gasteiger partial charge in [-0.1, -0.05) is 6.07 Å². The number of aromatic nitrogens is 1. The lowest BCUT2D eigenvalue weighted by molar-refractivity contribution is 0.100. The number of amidine groups is 1. The molecule has 1 aliphatic heterocycles. The number of aromatic amines is 1. The number of piperazine rings is 1. The average Bonchev–Trinajstić information content (AvgIpc) is 3.49. The molecule has 0 spiro atoms. The van der Waals surface area contributed by atoms with Crippen LogP contribution in [0.25, 0.3) is 0 Å². The summed E-state index contributed by atoms with van der Waals surface area (Å²) in [6.45, 7) is 3.38. The summed E-state index contributed by atoms with van der Waals surface area (Å²) in [5.74, 6) is -2.56. The van der Waals surface area contributed by atoms with Crippen molar-refractivity contribution in [3.8, 4) is 0 Å². The fraction of sp³-hybridized carbons (Fsp3) is 0.194. The zero-order valence-electron chi connectivity index (χ0n) is 23.0. The van der Waals surface area contributed by atoms with Crippen LogP contribution >= 0.6 is 0 Å². The molecular formula is C31H31F2N7O2. The Balaban J connectivity index is 1.43. The fourth-order valence-corrected chi connectivity index (χ4v) is 4.86. The van der Waals surface area contributed by atoms with Crippen molar-refractivity contribution in [2.24, 2.45) is 10.7 Å². The number of hydrogen-bond donors (Lipinski definition) is 4. The molecule has 2 heterocycles. The number of nitrogens with zero attached hydrogens (tertiary/aromatic N) is 3. The zero-order chi connectivity index (χ0) is 29.8. The van der Waals surface area contributed by atoms with Gasteiger partial charge in [0.2, 0.25) is 0 Å². The van der Waals surface area contributed by atoms with Crippen molar-refractivity contribution in [3.63, 3.8) is 0 Å². The SMILES string of the molecule is CN1CCN(c2ccc(C(=O)N=C(N)c3cc(Cc4cc(F)cc(F)c4)ccc3N)c(NC(=O)c3ccc[nH]3)c2)CC1. The molecule has 1 aliphatic rings. The number of carbonyl (C=O) groups excluding carboxylic acids is 2. The van der Waals surface area contributed by atoms with E-state index in [2.05, 4.69) is 32.1 Å². The Morgan fingerprint density at radius 3 is 2.36 bits per heavy atom. The second-order valence-corrected chi connectivity index (χ2v) is 10.2. The number of nitrogens with one attached hydrogen (secondary N) is 2. The molecule has 0 saturated carbocycles. The van der Waals surface area contributed by atoms with Crippen molar-refractivity contribution in [3.05, 3.63) is 113 Å². The number of nitrogen functional groups attached to an aromatic ring is 1. The van der Waals surface area contributed by atoms with Gasteiger partial charge in [0.15, 0.2) is 0 Å². The van der Waals surface area contributed by atoms with Crippen LogP contribution in [0.3, 0.4) is 0 Å². The maximum Gasteiger partial charge on any atom is 0.281 e. The van der Waals surface area contributed by atoms with Gasteiger partial charge < -0.3 is 31.6 Å². The van der Waals surface area contributed by atoms with Crippen LogP contribution in [0.1, 0.15) is 37.5 Å². The van der Waals surface area contributed by atoms with Gasteiger partial charge in [-0.3, -0.25) is 9.59 Å². The third-order valence-corrected chi connectivity index (χ3v) is 7.14. The topological polar surface area (TPSA) is 133 Å². The summed E-state index contributed by atoms with van der Waals surface area (Å²) >= 11 is 0. The number of amides is 2. The van der Waals surface area contributed by atoms with Gasteiger partial charge >= 0.3 is 0 Å². The second-order valence-electron chi connectivity index (χ2n) is 10.2. The quantitative estimate of drug-likeness (QED) is 0.151. The molecule has 1 fully saturated rings. The highest BCUT2D eigenvalue weighted by molar-refractivity contribution is 6.14. The maximum atomic E-state index is 13.7. The molecule has 9 nitrogen and oxygen atoms in total. The minimum atomic E-state index is -0.676. The van der Waals surface area contributed by atoms with Crippen LogP contribution in [0.4, 0.5) is 25.8 Å². The molecule has 42 heavy (non-hydrogen) atoms. The molecule has 0 bridgehead atoms. The minimum absolute atomic E-state index is 0.130. The standard InChI is InChI=1S/C31H31F2N7O2/c1-39-9-11-40(12-10-39)23-5-6-24(28(18-23)37-31(42)27-3-2-8-36-27)30(41)38-29(35)25-16-19(4-7-26(25)34)13-20-14-21(32)17-22(33)15-20/h2-8,14-18,36H,9-13,34H2,1H3,(H,37,42)(H2,35,38,41). The number of carbonyl (C=O) groups is 2. The Hall–Kier alpha value is -5.03. The maximum absolute atomic E-state index is 13.7. The average molecular weight is 572 g/mol. The summed E-state index contributed by atoms with van der Waals surface area (Å²) in [5, 5.41) is 2.83. The van der Waals surface area contributed by atoms with E-state index in [1.54, 1.807) is 48.7 Å². The number of anilines is 3. The first-order chi connectivity index (χ1) is 20.2. The molecule has 216 valence electrons. The molecule has 5 rings (SSSR count). The minimum Gasteiger partial charge on any atom is -0.398 e. The first kappa shape index (κ1) is 28.5.